The zero-order chi connectivity index (χ0) is 14.6. The topological polar surface area (TPSA) is 53.6 Å². The third-order valence-corrected chi connectivity index (χ3v) is 2.93. The highest BCUT2D eigenvalue weighted by molar-refractivity contribution is 5.89. The van der Waals surface area contributed by atoms with Gasteiger partial charge in [0.1, 0.15) is 11.4 Å². The number of ether oxygens (including phenoxy) is 1. The number of hydrogen-bond donors (Lipinski definition) is 2. The second kappa shape index (κ2) is 6.13. The summed E-state index contributed by atoms with van der Waals surface area (Å²) in [4.78, 5) is 13.9. The van der Waals surface area contributed by atoms with E-state index in [4.69, 9.17) is 4.74 Å². The molecule has 0 aromatic heterocycles. The molecule has 2 rings (SSSR count). The van der Waals surface area contributed by atoms with Crippen LogP contribution in [0.2, 0.25) is 0 Å². The number of urea groups is 1. The van der Waals surface area contributed by atoms with Gasteiger partial charge in [0, 0.05) is 31.9 Å². The van der Waals surface area contributed by atoms with E-state index in [1.807, 2.05) is 49.9 Å². The summed E-state index contributed by atoms with van der Waals surface area (Å²) in [6.45, 7) is 9.22. The Bertz CT molecular complexity index is 445. The molecule has 2 amide bonds. The summed E-state index contributed by atoms with van der Waals surface area (Å²) in [6.07, 6.45) is 0. The van der Waals surface area contributed by atoms with E-state index in [-0.39, 0.29) is 11.6 Å². The van der Waals surface area contributed by atoms with E-state index in [9.17, 15) is 4.79 Å². The maximum atomic E-state index is 12.0. The highest BCUT2D eigenvalue weighted by Gasteiger charge is 2.16. The number of benzene rings is 1. The quantitative estimate of drug-likeness (QED) is 0.872. The van der Waals surface area contributed by atoms with Crippen molar-refractivity contribution < 1.29 is 9.53 Å². The van der Waals surface area contributed by atoms with Gasteiger partial charge >= 0.3 is 6.03 Å². The monoisotopic (exact) mass is 277 g/mol. The summed E-state index contributed by atoms with van der Waals surface area (Å²) in [6, 6.07) is 7.43. The summed E-state index contributed by atoms with van der Waals surface area (Å²) < 4.78 is 5.75. The van der Waals surface area contributed by atoms with Gasteiger partial charge < -0.3 is 20.3 Å². The molecule has 1 fully saturated rings. The van der Waals surface area contributed by atoms with Gasteiger partial charge in [-0.25, -0.2) is 4.79 Å². The number of carbonyl (C=O) groups is 1. The minimum atomic E-state index is -0.217. The Kier molecular flexibility index (Phi) is 4.49. The Labute approximate surface area is 120 Å². The minimum absolute atomic E-state index is 0.0454. The number of rotatable bonds is 2. The van der Waals surface area contributed by atoms with Gasteiger partial charge in [-0.1, -0.05) is 0 Å². The van der Waals surface area contributed by atoms with E-state index >= 15 is 0 Å². The molecular formula is C15H23N3O2. The highest BCUT2D eigenvalue weighted by Crippen LogP contribution is 2.20. The van der Waals surface area contributed by atoms with Crippen LogP contribution in [0.5, 0.6) is 5.75 Å². The van der Waals surface area contributed by atoms with Gasteiger partial charge in [0.2, 0.25) is 0 Å². The number of nitrogens with one attached hydrogen (secondary N) is 2. The molecule has 0 aliphatic carbocycles. The minimum Gasteiger partial charge on any atom is -0.488 e. The highest BCUT2D eigenvalue weighted by atomic mass is 16.5. The van der Waals surface area contributed by atoms with Crippen LogP contribution in [0.1, 0.15) is 20.8 Å². The zero-order valence-electron chi connectivity index (χ0n) is 12.4. The molecule has 1 aliphatic rings. The second-order valence-corrected chi connectivity index (χ2v) is 5.91. The fraction of sp³-hybridized carbons (Fsp3) is 0.533. The third kappa shape index (κ3) is 4.42. The molecule has 1 aliphatic heterocycles. The first-order valence-corrected chi connectivity index (χ1v) is 7.00. The van der Waals surface area contributed by atoms with Crippen molar-refractivity contribution in [3.63, 3.8) is 0 Å². The molecule has 1 saturated heterocycles. The molecule has 0 spiro atoms. The summed E-state index contributed by atoms with van der Waals surface area (Å²) in [5, 5.41) is 6.13. The van der Waals surface area contributed by atoms with Crippen molar-refractivity contribution in [3.8, 4) is 5.75 Å². The van der Waals surface area contributed by atoms with Crippen LogP contribution >= 0.6 is 0 Å². The number of carbonyl (C=O) groups excluding carboxylic acids is 1. The first-order chi connectivity index (χ1) is 9.44. The van der Waals surface area contributed by atoms with Crippen molar-refractivity contribution in [2.45, 2.75) is 26.4 Å². The summed E-state index contributed by atoms with van der Waals surface area (Å²) in [7, 11) is 0. The lowest BCUT2D eigenvalue weighted by Gasteiger charge is -2.27. The predicted molar refractivity (Wildman–Crippen MR) is 80.3 cm³/mol. The van der Waals surface area contributed by atoms with Crippen molar-refractivity contribution in [3.05, 3.63) is 24.3 Å². The zero-order valence-corrected chi connectivity index (χ0v) is 12.4. The van der Waals surface area contributed by atoms with Gasteiger partial charge in [0.05, 0.1) is 0 Å². The number of hydrogen-bond acceptors (Lipinski definition) is 3. The normalized spacial score (nSPS) is 15.8. The van der Waals surface area contributed by atoms with E-state index in [0.29, 0.717) is 0 Å². The molecule has 0 unspecified atom stereocenters. The molecule has 1 aromatic carbocycles. The number of anilines is 1. The molecule has 20 heavy (non-hydrogen) atoms. The fourth-order valence-electron chi connectivity index (χ4n) is 2.03. The Morgan fingerprint density at radius 1 is 1.20 bits per heavy atom. The van der Waals surface area contributed by atoms with Crippen molar-refractivity contribution >= 4 is 11.7 Å². The Morgan fingerprint density at radius 3 is 2.35 bits per heavy atom. The van der Waals surface area contributed by atoms with Crippen molar-refractivity contribution in [1.82, 2.24) is 10.2 Å². The maximum Gasteiger partial charge on any atom is 0.321 e. The van der Waals surface area contributed by atoms with Gasteiger partial charge in [0.15, 0.2) is 0 Å². The predicted octanol–water partition coefficient (Wildman–Crippen LogP) is 2.30. The number of piperazine rings is 1. The van der Waals surface area contributed by atoms with Crippen LogP contribution in [0.15, 0.2) is 24.3 Å². The van der Waals surface area contributed by atoms with Gasteiger partial charge in [-0.15, -0.1) is 0 Å². The van der Waals surface area contributed by atoms with Crippen LogP contribution in [0, 0.1) is 0 Å². The van der Waals surface area contributed by atoms with Gasteiger partial charge in [-0.05, 0) is 45.0 Å². The Morgan fingerprint density at radius 2 is 1.80 bits per heavy atom. The van der Waals surface area contributed by atoms with Crippen molar-refractivity contribution in [2.75, 3.05) is 31.5 Å². The first-order valence-electron chi connectivity index (χ1n) is 7.00. The summed E-state index contributed by atoms with van der Waals surface area (Å²) in [5.74, 6) is 0.803. The molecule has 1 heterocycles. The van der Waals surface area contributed by atoms with E-state index in [1.165, 1.54) is 0 Å². The lowest BCUT2D eigenvalue weighted by molar-refractivity contribution is 0.131. The van der Waals surface area contributed by atoms with Crippen molar-refractivity contribution in [2.24, 2.45) is 0 Å². The SMILES string of the molecule is CC(C)(C)Oc1ccc(NC(=O)N2CCNCC2)cc1. The van der Waals surface area contributed by atoms with E-state index < -0.39 is 0 Å². The Balaban J connectivity index is 1.91. The van der Waals surface area contributed by atoms with Crippen LogP contribution in [-0.2, 0) is 0 Å². The molecule has 0 saturated carbocycles. The largest absolute Gasteiger partial charge is 0.488 e. The third-order valence-electron chi connectivity index (χ3n) is 2.93. The molecule has 5 heteroatoms. The van der Waals surface area contributed by atoms with Gasteiger partial charge in [-0.2, -0.15) is 0 Å². The molecule has 110 valence electrons. The average molecular weight is 277 g/mol. The van der Waals surface area contributed by atoms with E-state index in [2.05, 4.69) is 10.6 Å². The van der Waals surface area contributed by atoms with Crippen LogP contribution < -0.4 is 15.4 Å². The summed E-state index contributed by atoms with van der Waals surface area (Å²) in [5.41, 5.74) is 0.570. The number of nitrogens with zero attached hydrogens (tertiary/aromatic N) is 1. The lowest BCUT2D eigenvalue weighted by atomic mass is 10.2. The van der Waals surface area contributed by atoms with Crippen LogP contribution in [0.3, 0.4) is 0 Å². The molecule has 1 aromatic rings. The van der Waals surface area contributed by atoms with Crippen molar-refractivity contribution in [1.29, 1.82) is 0 Å². The molecule has 0 atom stereocenters. The lowest BCUT2D eigenvalue weighted by Crippen LogP contribution is -2.48. The van der Waals surface area contributed by atoms with Crippen LogP contribution in [0.25, 0.3) is 0 Å². The van der Waals surface area contributed by atoms with Crippen LogP contribution in [-0.4, -0.2) is 42.7 Å². The molecule has 2 N–H and O–H groups in total. The average Bonchev–Trinajstić information content (AvgIpc) is 2.40. The number of amides is 2. The van der Waals surface area contributed by atoms with Gasteiger partial charge in [-0.3, -0.25) is 0 Å². The standard InChI is InChI=1S/C15H23N3O2/c1-15(2,3)20-13-6-4-12(5-7-13)17-14(19)18-10-8-16-9-11-18/h4-7,16H,8-11H2,1-3H3,(H,17,19). The fourth-order valence-corrected chi connectivity index (χ4v) is 2.03. The smallest absolute Gasteiger partial charge is 0.321 e. The second-order valence-electron chi connectivity index (χ2n) is 5.91. The molecular weight excluding hydrogens is 254 g/mol. The molecule has 0 radical (unpaired) electrons. The summed E-state index contributed by atoms with van der Waals surface area (Å²) >= 11 is 0. The maximum absolute atomic E-state index is 12.0. The molecule has 5 nitrogen and oxygen atoms in total. The molecule has 0 bridgehead atoms. The van der Waals surface area contributed by atoms with E-state index in [0.717, 1.165) is 37.6 Å². The van der Waals surface area contributed by atoms with E-state index in [1.54, 1.807) is 0 Å². The van der Waals surface area contributed by atoms with Gasteiger partial charge in [0.25, 0.3) is 0 Å². The first kappa shape index (κ1) is 14.7. The van der Waals surface area contributed by atoms with Crippen LogP contribution in [0.4, 0.5) is 10.5 Å². The Hall–Kier alpha value is -1.75.